The van der Waals surface area contributed by atoms with Gasteiger partial charge in [0, 0.05) is 5.56 Å². The zero-order valence-corrected chi connectivity index (χ0v) is 15.6. The fourth-order valence-electron chi connectivity index (χ4n) is 2.58. The highest BCUT2D eigenvalue weighted by atomic mass is 35.5. The smallest absolute Gasteiger partial charge is 0.204 e. The summed E-state index contributed by atoms with van der Waals surface area (Å²) in [6.45, 7) is 0.882. The maximum atomic E-state index is 6.20. The highest BCUT2D eigenvalue weighted by molar-refractivity contribution is 6.42. The van der Waals surface area contributed by atoms with E-state index in [0.29, 0.717) is 15.9 Å². The van der Waals surface area contributed by atoms with Crippen molar-refractivity contribution in [3.63, 3.8) is 0 Å². The van der Waals surface area contributed by atoms with E-state index >= 15 is 0 Å². The first-order valence-corrected chi connectivity index (χ1v) is 8.75. The lowest BCUT2D eigenvalue weighted by atomic mass is 10.0. The molecule has 3 rings (SSSR count). The number of benzene rings is 2. The summed E-state index contributed by atoms with van der Waals surface area (Å²) >= 11 is 12.3. The summed E-state index contributed by atoms with van der Waals surface area (Å²) in [7, 11) is 4.08. The molecule has 1 heterocycles. The van der Waals surface area contributed by atoms with Crippen molar-refractivity contribution in [2.75, 3.05) is 20.6 Å². The van der Waals surface area contributed by atoms with E-state index in [1.807, 2.05) is 56.6 Å². The van der Waals surface area contributed by atoms with Gasteiger partial charge in [-0.2, -0.15) is 4.80 Å². The van der Waals surface area contributed by atoms with Crippen molar-refractivity contribution in [3.05, 3.63) is 64.1 Å². The van der Waals surface area contributed by atoms with Crippen LogP contribution in [0.15, 0.2) is 48.5 Å². The lowest BCUT2D eigenvalue weighted by molar-refractivity contribution is 0.340. The Morgan fingerprint density at radius 3 is 2.48 bits per heavy atom. The first-order valence-electron chi connectivity index (χ1n) is 7.99. The predicted molar refractivity (Wildman–Crippen MR) is 101 cm³/mol. The molecule has 25 heavy (non-hydrogen) atoms. The average molecular weight is 376 g/mol. The second-order valence-electron chi connectivity index (χ2n) is 6.08. The highest BCUT2D eigenvalue weighted by Gasteiger charge is 2.19. The van der Waals surface area contributed by atoms with E-state index in [0.717, 1.165) is 24.1 Å². The van der Waals surface area contributed by atoms with Crippen molar-refractivity contribution in [1.29, 1.82) is 0 Å². The normalized spacial score (nSPS) is 12.5. The fraction of sp³-hybridized carbons (Fsp3) is 0.278. The minimum absolute atomic E-state index is 0.0675. The number of nitrogens with zero attached hydrogens (tertiary/aromatic N) is 5. The Morgan fingerprint density at radius 2 is 1.80 bits per heavy atom. The van der Waals surface area contributed by atoms with Crippen LogP contribution in [0.3, 0.4) is 0 Å². The van der Waals surface area contributed by atoms with Gasteiger partial charge in [-0.1, -0.05) is 59.6 Å². The van der Waals surface area contributed by atoms with Gasteiger partial charge in [0.15, 0.2) is 0 Å². The van der Waals surface area contributed by atoms with E-state index in [9.17, 15) is 0 Å². The standard InChI is InChI=1S/C18H19Cl2N5/c1-24(2)11-10-17(14-8-9-15(19)16(20)12-14)25-22-18(21-23-25)13-6-4-3-5-7-13/h3-9,12,17H,10-11H2,1-2H3. The van der Waals surface area contributed by atoms with E-state index in [2.05, 4.69) is 20.3 Å². The third-order valence-electron chi connectivity index (χ3n) is 3.92. The number of hydrogen-bond donors (Lipinski definition) is 0. The lowest BCUT2D eigenvalue weighted by Gasteiger charge is -2.19. The number of aromatic nitrogens is 4. The van der Waals surface area contributed by atoms with Gasteiger partial charge in [0.1, 0.15) is 0 Å². The number of tetrazole rings is 1. The molecular formula is C18H19Cl2N5. The van der Waals surface area contributed by atoms with Crippen LogP contribution in [0.1, 0.15) is 18.0 Å². The van der Waals surface area contributed by atoms with Crippen LogP contribution in [0, 0.1) is 0 Å². The first-order chi connectivity index (χ1) is 12.0. The Balaban J connectivity index is 1.94. The Labute approximate surface area is 157 Å². The lowest BCUT2D eigenvalue weighted by Crippen LogP contribution is -2.21. The van der Waals surface area contributed by atoms with E-state index in [4.69, 9.17) is 23.2 Å². The van der Waals surface area contributed by atoms with Crippen LogP contribution >= 0.6 is 23.2 Å². The summed E-state index contributed by atoms with van der Waals surface area (Å²) < 4.78 is 0. The third kappa shape index (κ3) is 4.37. The SMILES string of the molecule is CN(C)CCC(c1ccc(Cl)c(Cl)c1)n1nnc(-c2ccccc2)n1. The van der Waals surface area contributed by atoms with Crippen molar-refractivity contribution in [1.82, 2.24) is 25.1 Å². The predicted octanol–water partition coefficient (Wildman–Crippen LogP) is 4.19. The Hall–Kier alpha value is -1.95. The molecule has 7 heteroatoms. The van der Waals surface area contributed by atoms with Crippen molar-refractivity contribution in [2.24, 2.45) is 0 Å². The van der Waals surface area contributed by atoms with E-state index < -0.39 is 0 Å². The molecule has 1 aromatic heterocycles. The summed E-state index contributed by atoms with van der Waals surface area (Å²) in [5, 5.41) is 14.1. The fourth-order valence-corrected chi connectivity index (χ4v) is 2.88. The van der Waals surface area contributed by atoms with Crippen molar-refractivity contribution in [2.45, 2.75) is 12.5 Å². The third-order valence-corrected chi connectivity index (χ3v) is 4.66. The topological polar surface area (TPSA) is 46.8 Å². The Bertz CT molecular complexity index is 832. The average Bonchev–Trinajstić information content (AvgIpc) is 3.08. The van der Waals surface area contributed by atoms with Crippen LogP contribution in [-0.2, 0) is 0 Å². The summed E-state index contributed by atoms with van der Waals surface area (Å²) in [5.74, 6) is 0.607. The summed E-state index contributed by atoms with van der Waals surface area (Å²) in [6.07, 6.45) is 0.829. The monoisotopic (exact) mass is 375 g/mol. The molecule has 5 nitrogen and oxygen atoms in total. The van der Waals surface area contributed by atoms with E-state index in [-0.39, 0.29) is 6.04 Å². The van der Waals surface area contributed by atoms with Crippen LogP contribution in [-0.4, -0.2) is 45.7 Å². The van der Waals surface area contributed by atoms with Gasteiger partial charge >= 0.3 is 0 Å². The molecule has 2 aromatic carbocycles. The molecule has 0 aliphatic heterocycles. The first kappa shape index (κ1) is 17.9. The number of hydrogen-bond acceptors (Lipinski definition) is 4. The maximum absolute atomic E-state index is 6.20. The van der Waals surface area contributed by atoms with Crippen molar-refractivity contribution in [3.8, 4) is 11.4 Å². The second-order valence-corrected chi connectivity index (χ2v) is 6.90. The Morgan fingerprint density at radius 1 is 1.04 bits per heavy atom. The van der Waals surface area contributed by atoms with E-state index in [1.165, 1.54) is 0 Å². The quantitative estimate of drug-likeness (QED) is 0.647. The van der Waals surface area contributed by atoms with E-state index in [1.54, 1.807) is 10.9 Å². The van der Waals surface area contributed by atoms with Crippen LogP contribution in [0.25, 0.3) is 11.4 Å². The van der Waals surface area contributed by atoms with Crippen LogP contribution in [0.5, 0.6) is 0 Å². The summed E-state index contributed by atoms with van der Waals surface area (Å²) in [5.41, 5.74) is 1.95. The summed E-state index contributed by atoms with van der Waals surface area (Å²) in [4.78, 5) is 3.78. The molecule has 1 atom stereocenters. The molecule has 130 valence electrons. The zero-order valence-electron chi connectivity index (χ0n) is 14.1. The van der Waals surface area contributed by atoms with Gasteiger partial charge in [0.2, 0.25) is 5.82 Å². The van der Waals surface area contributed by atoms with Gasteiger partial charge < -0.3 is 4.90 Å². The second kappa shape index (κ2) is 7.95. The molecule has 0 aliphatic carbocycles. The number of rotatable bonds is 6. The molecule has 0 radical (unpaired) electrons. The highest BCUT2D eigenvalue weighted by Crippen LogP contribution is 2.29. The molecule has 0 fully saturated rings. The molecule has 0 aliphatic rings. The molecule has 0 bridgehead atoms. The molecule has 0 saturated carbocycles. The molecular weight excluding hydrogens is 357 g/mol. The maximum Gasteiger partial charge on any atom is 0.204 e. The van der Waals surface area contributed by atoms with Crippen molar-refractivity contribution < 1.29 is 0 Å². The van der Waals surface area contributed by atoms with Crippen molar-refractivity contribution >= 4 is 23.2 Å². The van der Waals surface area contributed by atoms with Gasteiger partial charge in [0.25, 0.3) is 0 Å². The molecule has 3 aromatic rings. The molecule has 1 unspecified atom stereocenters. The molecule has 0 spiro atoms. The largest absolute Gasteiger partial charge is 0.309 e. The molecule has 0 amide bonds. The van der Waals surface area contributed by atoms with Crippen LogP contribution in [0.2, 0.25) is 10.0 Å². The van der Waals surface area contributed by atoms with Crippen LogP contribution < -0.4 is 0 Å². The Kier molecular flexibility index (Phi) is 5.68. The molecule has 0 N–H and O–H groups in total. The van der Waals surface area contributed by atoms with Gasteiger partial charge in [0.05, 0.1) is 16.1 Å². The summed E-state index contributed by atoms with van der Waals surface area (Å²) in [6, 6.07) is 15.4. The molecule has 0 saturated heterocycles. The van der Waals surface area contributed by atoms with Gasteiger partial charge in [-0.15, -0.1) is 10.2 Å². The van der Waals surface area contributed by atoms with Gasteiger partial charge in [-0.05, 0) is 50.0 Å². The zero-order chi connectivity index (χ0) is 17.8. The number of halogens is 2. The van der Waals surface area contributed by atoms with Gasteiger partial charge in [-0.25, -0.2) is 0 Å². The van der Waals surface area contributed by atoms with Gasteiger partial charge in [-0.3, -0.25) is 0 Å². The minimum atomic E-state index is -0.0675. The van der Waals surface area contributed by atoms with Crippen LogP contribution in [0.4, 0.5) is 0 Å². The minimum Gasteiger partial charge on any atom is -0.309 e.